The minimum Gasteiger partial charge on any atom is -0.478 e. The largest absolute Gasteiger partial charge is 0.478 e. The molecule has 0 saturated heterocycles. The van der Waals surface area contributed by atoms with Crippen molar-refractivity contribution < 1.29 is 19.8 Å². The number of carboxylic acids is 2. The topological polar surface area (TPSA) is 101 Å². The summed E-state index contributed by atoms with van der Waals surface area (Å²) in [5.74, 6) is -2.51. The highest BCUT2D eigenvalue weighted by Crippen LogP contribution is 2.07. The van der Waals surface area contributed by atoms with Gasteiger partial charge in [0, 0.05) is 12.2 Å². The van der Waals surface area contributed by atoms with E-state index in [9.17, 15) is 9.59 Å². The summed E-state index contributed by atoms with van der Waals surface area (Å²) in [5.41, 5.74) is 5.39. The molecule has 4 N–H and O–H groups in total. The second-order valence-corrected chi connectivity index (χ2v) is 4.27. The molecular formula is C14H27NO4. The zero-order chi connectivity index (χ0) is 14.9. The molecule has 0 fully saturated rings. The van der Waals surface area contributed by atoms with E-state index in [-0.39, 0.29) is 0 Å². The van der Waals surface area contributed by atoms with Crippen molar-refractivity contribution in [1.29, 1.82) is 0 Å². The molecule has 0 radical (unpaired) electrons. The number of nitrogens with two attached hydrogens (primary N) is 1. The van der Waals surface area contributed by atoms with Crippen molar-refractivity contribution in [2.75, 3.05) is 6.54 Å². The quantitative estimate of drug-likeness (QED) is 0.419. The van der Waals surface area contributed by atoms with Crippen LogP contribution >= 0.6 is 0 Å². The van der Waals surface area contributed by atoms with Crippen molar-refractivity contribution in [3.63, 3.8) is 0 Å². The summed E-state index contributed by atoms with van der Waals surface area (Å²) in [4.78, 5) is 19.1. The molecule has 19 heavy (non-hydrogen) atoms. The summed E-state index contributed by atoms with van der Waals surface area (Å²) in [7, 11) is 0. The molecule has 0 aliphatic rings. The van der Waals surface area contributed by atoms with Crippen LogP contribution in [0.5, 0.6) is 0 Å². The van der Waals surface area contributed by atoms with Crippen molar-refractivity contribution in [3.8, 4) is 0 Å². The number of carbonyl (C=O) groups is 2. The van der Waals surface area contributed by atoms with E-state index < -0.39 is 11.9 Å². The summed E-state index contributed by atoms with van der Waals surface area (Å²) in [5, 5.41) is 15.6. The molecule has 0 saturated carbocycles. The lowest BCUT2D eigenvalue weighted by Gasteiger charge is -1.99. The minimum absolute atomic E-state index is 0.558. The molecule has 0 atom stereocenters. The molecule has 0 spiro atoms. The fourth-order valence-electron chi connectivity index (χ4n) is 1.42. The summed E-state index contributed by atoms with van der Waals surface area (Å²) in [6, 6.07) is 0. The van der Waals surface area contributed by atoms with Crippen LogP contribution in [0.3, 0.4) is 0 Å². The Hall–Kier alpha value is -1.36. The molecule has 0 heterocycles. The van der Waals surface area contributed by atoms with Crippen molar-refractivity contribution in [2.24, 2.45) is 5.73 Å². The average molecular weight is 273 g/mol. The SMILES string of the molecule is CCCCCCCCCCN.O=C(O)/C=C/C(=O)O. The molecule has 0 aromatic carbocycles. The summed E-state index contributed by atoms with van der Waals surface area (Å²) in [6.07, 6.45) is 12.1. The van der Waals surface area contributed by atoms with Gasteiger partial charge in [0.05, 0.1) is 0 Å². The zero-order valence-corrected chi connectivity index (χ0v) is 11.8. The van der Waals surface area contributed by atoms with Gasteiger partial charge >= 0.3 is 11.9 Å². The van der Waals surface area contributed by atoms with Crippen molar-refractivity contribution in [2.45, 2.75) is 58.3 Å². The van der Waals surface area contributed by atoms with E-state index in [1.54, 1.807) is 0 Å². The fourth-order valence-corrected chi connectivity index (χ4v) is 1.42. The van der Waals surface area contributed by atoms with Gasteiger partial charge < -0.3 is 15.9 Å². The normalized spacial score (nSPS) is 10.0. The highest BCUT2D eigenvalue weighted by Gasteiger charge is 1.89. The lowest BCUT2D eigenvalue weighted by molar-refractivity contribution is -0.134. The number of unbranched alkanes of at least 4 members (excludes halogenated alkanes) is 7. The number of hydrogen-bond acceptors (Lipinski definition) is 3. The fraction of sp³-hybridized carbons (Fsp3) is 0.714. The predicted molar refractivity (Wildman–Crippen MR) is 76.1 cm³/mol. The van der Waals surface area contributed by atoms with E-state index in [1.165, 1.54) is 51.4 Å². The van der Waals surface area contributed by atoms with Crippen LogP contribution in [0.15, 0.2) is 12.2 Å². The van der Waals surface area contributed by atoms with Gasteiger partial charge in [-0.15, -0.1) is 0 Å². The Kier molecular flexibility index (Phi) is 17.5. The van der Waals surface area contributed by atoms with Gasteiger partial charge in [-0.05, 0) is 13.0 Å². The van der Waals surface area contributed by atoms with Gasteiger partial charge in [0.2, 0.25) is 0 Å². The number of hydrogen-bond donors (Lipinski definition) is 3. The molecule has 0 rings (SSSR count). The monoisotopic (exact) mass is 273 g/mol. The van der Waals surface area contributed by atoms with E-state index in [0.717, 1.165) is 6.54 Å². The zero-order valence-electron chi connectivity index (χ0n) is 11.8. The van der Waals surface area contributed by atoms with Crippen LogP contribution in [-0.2, 0) is 9.59 Å². The Bertz CT molecular complexity index is 228. The first-order valence-corrected chi connectivity index (χ1v) is 6.88. The third-order valence-electron chi connectivity index (χ3n) is 2.43. The second kappa shape index (κ2) is 16.6. The lowest BCUT2D eigenvalue weighted by Crippen LogP contribution is -1.97. The van der Waals surface area contributed by atoms with E-state index >= 15 is 0 Å². The maximum Gasteiger partial charge on any atom is 0.328 e. The van der Waals surface area contributed by atoms with Gasteiger partial charge in [0.25, 0.3) is 0 Å². The number of aliphatic carboxylic acids is 2. The molecule has 0 amide bonds. The van der Waals surface area contributed by atoms with Gasteiger partial charge in [-0.1, -0.05) is 51.9 Å². The highest BCUT2D eigenvalue weighted by molar-refractivity contribution is 5.89. The first-order valence-electron chi connectivity index (χ1n) is 6.88. The minimum atomic E-state index is -1.26. The number of carboxylic acid groups (broad SMARTS) is 2. The first-order chi connectivity index (χ1) is 9.04. The smallest absolute Gasteiger partial charge is 0.328 e. The molecule has 0 bridgehead atoms. The van der Waals surface area contributed by atoms with Crippen LogP contribution in [-0.4, -0.2) is 28.7 Å². The maximum atomic E-state index is 9.55. The highest BCUT2D eigenvalue weighted by atomic mass is 16.4. The Morgan fingerprint density at radius 2 is 1.21 bits per heavy atom. The molecule has 0 aromatic rings. The summed E-state index contributed by atoms with van der Waals surface area (Å²) < 4.78 is 0. The molecule has 112 valence electrons. The Balaban J connectivity index is 0. The predicted octanol–water partition coefficient (Wildman–Crippen LogP) is 2.80. The van der Waals surface area contributed by atoms with Crippen LogP contribution in [0.2, 0.25) is 0 Å². The molecule has 0 aromatic heterocycles. The summed E-state index contributed by atoms with van der Waals surface area (Å²) in [6.45, 7) is 3.13. The molecule has 0 aliphatic carbocycles. The molecule has 5 heteroatoms. The summed E-state index contributed by atoms with van der Waals surface area (Å²) >= 11 is 0. The second-order valence-electron chi connectivity index (χ2n) is 4.27. The van der Waals surface area contributed by atoms with Gasteiger partial charge in [-0.25, -0.2) is 9.59 Å². The van der Waals surface area contributed by atoms with Gasteiger partial charge in [-0.3, -0.25) is 0 Å². The van der Waals surface area contributed by atoms with Crippen LogP contribution < -0.4 is 5.73 Å². The van der Waals surface area contributed by atoms with E-state index in [0.29, 0.717) is 12.2 Å². The van der Waals surface area contributed by atoms with E-state index in [1.807, 2.05) is 0 Å². The molecule has 0 unspecified atom stereocenters. The Morgan fingerprint density at radius 1 is 0.842 bits per heavy atom. The van der Waals surface area contributed by atoms with Crippen LogP contribution in [0.25, 0.3) is 0 Å². The average Bonchev–Trinajstić information content (AvgIpc) is 2.36. The third-order valence-corrected chi connectivity index (χ3v) is 2.43. The van der Waals surface area contributed by atoms with Gasteiger partial charge in [-0.2, -0.15) is 0 Å². The number of rotatable bonds is 10. The maximum absolute atomic E-state index is 9.55. The first kappa shape index (κ1) is 20.0. The van der Waals surface area contributed by atoms with E-state index in [2.05, 4.69) is 6.92 Å². The molecule has 5 nitrogen and oxygen atoms in total. The van der Waals surface area contributed by atoms with E-state index in [4.69, 9.17) is 15.9 Å². The van der Waals surface area contributed by atoms with Crippen LogP contribution in [0.4, 0.5) is 0 Å². The molecule has 0 aliphatic heterocycles. The van der Waals surface area contributed by atoms with Crippen molar-refractivity contribution in [1.82, 2.24) is 0 Å². The Morgan fingerprint density at radius 3 is 1.53 bits per heavy atom. The van der Waals surface area contributed by atoms with Crippen molar-refractivity contribution in [3.05, 3.63) is 12.2 Å². The standard InChI is InChI=1S/C10H23N.C4H4O4/c1-2-3-4-5-6-7-8-9-10-11;5-3(6)1-2-4(7)8/h2-11H2,1H3;1-2H,(H,5,6)(H,7,8)/b;2-1+. The van der Waals surface area contributed by atoms with Crippen LogP contribution in [0.1, 0.15) is 58.3 Å². The van der Waals surface area contributed by atoms with Gasteiger partial charge in [0.1, 0.15) is 0 Å². The Labute approximate surface area is 115 Å². The van der Waals surface area contributed by atoms with Crippen LogP contribution in [0, 0.1) is 0 Å². The van der Waals surface area contributed by atoms with Crippen molar-refractivity contribution >= 4 is 11.9 Å². The lowest BCUT2D eigenvalue weighted by atomic mass is 10.1. The molecular weight excluding hydrogens is 246 g/mol. The third kappa shape index (κ3) is 26.3. The van der Waals surface area contributed by atoms with Gasteiger partial charge in [0.15, 0.2) is 0 Å².